The van der Waals surface area contributed by atoms with Gasteiger partial charge in [-0.05, 0) is 30.7 Å². The number of carbonyl (C=O) groups is 1. The van der Waals surface area contributed by atoms with Crippen LogP contribution in [0.4, 0.5) is 8.78 Å². The molecule has 0 aliphatic carbocycles. The fraction of sp³-hybridized carbons (Fsp3) is 0.118. The highest BCUT2D eigenvalue weighted by molar-refractivity contribution is 7.86. The minimum absolute atomic E-state index is 0.228. The smallest absolute Gasteiger partial charge is 0.339 e. The van der Waals surface area contributed by atoms with Gasteiger partial charge in [-0.15, -0.1) is 0 Å². The van der Waals surface area contributed by atoms with Crippen LogP contribution in [0.5, 0.6) is 0 Å². The third-order valence-electron chi connectivity index (χ3n) is 3.05. The standard InChI is InChI=1S/C17H14F2O4S/c1-12-7-9-14(10-8-12)24(21,22)23-15(16(20)17(18)19)11-13-5-3-2-4-6-13/h2-11,17H,1H3/b15-11-. The topological polar surface area (TPSA) is 60.4 Å². The normalized spacial score (nSPS) is 12.2. The number of Topliss-reactive ketones (excluding diaryl/α,β-unsaturated/α-hetero) is 1. The van der Waals surface area contributed by atoms with E-state index >= 15 is 0 Å². The summed E-state index contributed by atoms with van der Waals surface area (Å²) in [6.45, 7) is 1.76. The van der Waals surface area contributed by atoms with Gasteiger partial charge in [0.05, 0.1) is 0 Å². The van der Waals surface area contributed by atoms with Gasteiger partial charge in [0, 0.05) is 0 Å². The first-order valence-corrected chi connectivity index (χ1v) is 8.31. The molecule has 0 radical (unpaired) electrons. The average Bonchev–Trinajstić information content (AvgIpc) is 2.54. The number of ketones is 1. The number of benzene rings is 2. The summed E-state index contributed by atoms with van der Waals surface area (Å²) in [5.74, 6) is -2.63. The molecule has 2 aromatic rings. The Morgan fingerprint density at radius 2 is 1.62 bits per heavy atom. The van der Waals surface area contributed by atoms with E-state index in [1.54, 1.807) is 25.1 Å². The van der Waals surface area contributed by atoms with E-state index in [0.717, 1.165) is 11.6 Å². The highest BCUT2D eigenvalue weighted by Gasteiger charge is 2.27. The molecule has 0 fully saturated rings. The summed E-state index contributed by atoms with van der Waals surface area (Å²) in [6, 6.07) is 13.6. The number of hydrogen-bond donors (Lipinski definition) is 0. The van der Waals surface area contributed by atoms with Crippen LogP contribution in [0.15, 0.2) is 65.3 Å². The highest BCUT2D eigenvalue weighted by atomic mass is 32.2. The predicted molar refractivity (Wildman–Crippen MR) is 84.9 cm³/mol. The third-order valence-corrected chi connectivity index (χ3v) is 4.30. The van der Waals surface area contributed by atoms with Gasteiger partial charge >= 0.3 is 16.5 Å². The first kappa shape index (κ1) is 17.8. The summed E-state index contributed by atoms with van der Waals surface area (Å²) >= 11 is 0. The zero-order chi connectivity index (χ0) is 17.7. The van der Waals surface area contributed by atoms with Crippen molar-refractivity contribution < 1.29 is 26.2 Å². The molecule has 24 heavy (non-hydrogen) atoms. The Morgan fingerprint density at radius 3 is 2.17 bits per heavy atom. The Hall–Kier alpha value is -2.54. The number of halogens is 2. The number of carbonyl (C=O) groups excluding carboxylic acids is 1. The lowest BCUT2D eigenvalue weighted by Gasteiger charge is -2.10. The zero-order valence-electron chi connectivity index (χ0n) is 12.6. The second-order valence-electron chi connectivity index (χ2n) is 4.93. The van der Waals surface area contributed by atoms with Crippen molar-refractivity contribution in [2.75, 3.05) is 0 Å². The summed E-state index contributed by atoms with van der Waals surface area (Å²) in [5, 5.41) is 0. The summed E-state index contributed by atoms with van der Waals surface area (Å²) in [6.07, 6.45) is -2.41. The van der Waals surface area contributed by atoms with E-state index in [1.165, 1.54) is 36.4 Å². The van der Waals surface area contributed by atoms with E-state index in [2.05, 4.69) is 0 Å². The lowest BCUT2D eigenvalue weighted by molar-refractivity contribution is -0.127. The molecule has 2 rings (SSSR count). The minimum Gasteiger partial charge on any atom is -0.375 e. The Morgan fingerprint density at radius 1 is 1.04 bits per heavy atom. The van der Waals surface area contributed by atoms with E-state index < -0.39 is 28.1 Å². The maximum absolute atomic E-state index is 12.7. The van der Waals surface area contributed by atoms with Crippen molar-refractivity contribution in [2.24, 2.45) is 0 Å². The number of hydrogen-bond acceptors (Lipinski definition) is 4. The van der Waals surface area contributed by atoms with Gasteiger partial charge in [-0.3, -0.25) is 4.79 Å². The Bertz CT molecular complexity index is 842. The molecule has 2 aromatic carbocycles. The van der Waals surface area contributed by atoms with Gasteiger partial charge < -0.3 is 4.18 Å². The van der Waals surface area contributed by atoms with Gasteiger partial charge in [0.2, 0.25) is 0 Å². The molecular weight excluding hydrogens is 338 g/mol. The molecular formula is C17H14F2O4S. The van der Waals surface area contributed by atoms with E-state index in [1.807, 2.05) is 0 Å². The minimum atomic E-state index is -4.40. The van der Waals surface area contributed by atoms with Crippen LogP contribution in [0.1, 0.15) is 11.1 Å². The van der Waals surface area contributed by atoms with E-state index in [9.17, 15) is 22.0 Å². The molecule has 0 saturated carbocycles. The van der Waals surface area contributed by atoms with Crippen LogP contribution in [-0.4, -0.2) is 20.6 Å². The molecule has 0 atom stereocenters. The molecule has 126 valence electrons. The average molecular weight is 352 g/mol. The Labute approximate surface area is 138 Å². The second kappa shape index (κ2) is 7.35. The summed E-state index contributed by atoms with van der Waals surface area (Å²) in [7, 11) is -4.40. The largest absolute Gasteiger partial charge is 0.375 e. The first-order chi connectivity index (χ1) is 11.3. The van der Waals surface area contributed by atoms with Crippen LogP contribution < -0.4 is 0 Å². The Kier molecular flexibility index (Phi) is 5.46. The second-order valence-corrected chi connectivity index (χ2v) is 6.48. The first-order valence-electron chi connectivity index (χ1n) is 6.90. The molecule has 0 amide bonds. The van der Waals surface area contributed by atoms with Gasteiger partial charge in [-0.1, -0.05) is 48.0 Å². The van der Waals surface area contributed by atoms with Crippen molar-refractivity contribution in [3.63, 3.8) is 0 Å². The van der Waals surface area contributed by atoms with Crippen LogP contribution >= 0.6 is 0 Å². The van der Waals surface area contributed by atoms with E-state index in [0.29, 0.717) is 5.56 Å². The molecule has 4 nitrogen and oxygen atoms in total. The Balaban J connectivity index is 2.40. The van der Waals surface area contributed by atoms with Gasteiger partial charge in [-0.25, -0.2) is 8.78 Å². The lowest BCUT2D eigenvalue weighted by Crippen LogP contribution is -2.18. The molecule has 0 spiro atoms. The van der Waals surface area contributed by atoms with Crippen molar-refractivity contribution in [2.45, 2.75) is 18.2 Å². The van der Waals surface area contributed by atoms with Gasteiger partial charge in [0.1, 0.15) is 4.90 Å². The van der Waals surface area contributed by atoms with Crippen molar-refractivity contribution >= 4 is 22.0 Å². The van der Waals surface area contributed by atoms with Gasteiger partial charge in [-0.2, -0.15) is 8.42 Å². The van der Waals surface area contributed by atoms with Crippen molar-refractivity contribution in [1.82, 2.24) is 0 Å². The van der Waals surface area contributed by atoms with Crippen LogP contribution in [0.2, 0.25) is 0 Å². The fourth-order valence-corrected chi connectivity index (χ4v) is 2.75. The van der Waals surface area contributed by atoms with Crippen LogP contribution in [0.25, 0.3) is 6.08 Å². The van der Waals surface area contributed by atoms with Gasteiger partial charge in [0.25, 0.3) is 5.78 Å². The zero-order valence-corrected chi connectivity index (χ0v) is 13.5. The monoisotopic (exact) mass is 352 g/mol. The van der Waals surface area contributed by atoms with E-state index in [-0.39, 0.29) is 4.90 Å². The SMILES string of the molecule is Cc1ccc(S(=O)(=O)O/C(=C\c2ccccc2)C(=O)C(F)F)cc1. The lowest BCUT2D eigenvalue weighted by atomic mass is 10.2. The van der Waals surface area contributed by atoms with Crippen molar-refractivity contribution in [3.8, 4) is 0 Å². The molecule has 7 heteroatoms. The highest BCUT2D eigenvalue weighted by Crippen LogP contribution is 2.20. The van der Waals surface area contributed by atoms with Crippen molar-refractivity contribution in [1.29, 1.82) is 0 Å². The number of aryl methyl sites for hydroxylation is 1. The van der Waals surface area contributed by atoms with Crippen LogP contribution in [0, 0.1) is 6.92 Å². The molecule has 0 N–H and O–H groups in total. The molecule has 0 bridgehead atoms. The molecule has 0 saturated heterocycles. The summed E-state index contributed by atoms with van der Waals surface area (Å²) < 4.78 is 54.6. The van der Waals surface area contributed by atoms with Gasteiger partial charge in [0.15, 0.2) is 5.76 Å². The fourth-order valence-electron chi connectivity index (χ4n) is 1.82. The molecule has 0 heterocycles. The maximum atomic E-state index is 12.7. The van der Waals surface area contributed by atoms with Crippen molar-refractivity contribution in [3.05, 3.63) is 71.5 Å². The maximum Gasteiger partial charge on any atom is 0.339 e. The number of rotatable bonds is 6. The van der Waals surface area contributed by atoms with E-state index in [4.69, 9.17) is 4.18 Å². The molecule has 0 aliphatic rings. The number of allylic oxidation sites excluding steroid dienone is 1. The van der Waals surface area contributed by atoms with Crippen LogP contribution in [0.3, 0.4) is 0 Å². The van der Waals surface area contributed by atoms with Crippen LogP contribution in [-0.2, 0) is 19.1 Å². The summed E-state index contributed by atoms with van der Waals surface area (Å²) in [5.41, 5.74) is 1.18. The molecule has 0 aliphatic heterocycles. The quantitative estimate of drug-likeness (QED) is 0.453. The molecule has 0 aromatic heterocycles. The predicted octanol–water partition coefficient (Wildman–Crippen LogP) is 3.58. The molecule has 0 unspecified atom stereocenters. The number of alkyl halides is 2. The third kappa shape index (κ3) is 4.48. The summed E-state index contributed by atoms with van der Waals surface area (Å²) in [4.78, 5) is 11.4.